The lowest BCUT2D eigenvalue weighted by Gasteiger charge is -2.45. The fourth-order valence-corrected chi connectivity index (χ4v) is 3.56. The third-order valence-corrected chi connectivity index (χ3v) is 5.40. The SMILES string of the molecule is CC(C)(C)[C@H](N)CN1CCC2(CCCCC2)CC1. The van der Waals surface area contributed by atoms with Gasteiger partial charge in [0.15, 0.2) is 0 Å². The number of piperidine rings is 1. The minimum absolute atomic E-state index is 0.236. The average molecular weight is 252 g/mol. The number of hydrogen-bond donors (Lipinski definition) is 1. The number of nitrogens with two attached hydrogens (primary N) is 1. The molecule has 0 amide bonds. The van der Waals surface area contributed by atoms with Crippen molar-refractivity contribution in [3.8, 4) is 0 Å². The molecule has 18 heavy (non-hydrogen) atoms. The number of rotatable bonds is 2. The molecule has 2 fully saturated rings. The number of nitrogens with zero attached hydrogens (tertiary/aromatic N) is 1. The molecule has 1 heterocycles. The van der Waals surface area contributed by atoms with Gasteiger partial charge < -0.3 is 10.6 Å². The van der Waals surface area contributed by atoms with Crippen molar-refractivity contribution in [1.82, 2.24) is 4.90 Å². The Morgan fingerprint density at radius 1 is 1.00 bits per heavy atom. The van der Waals surface area contributed by atoms with E-state index in [9.17, 15) is 0 Å². The van der Waals surface area contributed by atoms with Crippen LogP contribution in [0, 0.1) is 10.8 Å². The first kappa shape index (κ1) is 14.3. The summed E-state index contributed by atoms with van der Waals surface area (Å²) in [5, 5.41) is 0. The van der Waals surface area contributed by atoms with Gasteiger partial charge in [-0.1, -0.05) is 40.0 Å². The topological polar surface area (TPSA) is 29.3 Å². The first-order valence-corrected chi connectivity index (χ1v) is 7.89. The van der Waals surface area contributed by atoms with Gasteiger partial charge in [0.1, 0.15) is 0 Å². The van der Waals surface area contributed by atoms with Gasteiger partial charge in [-0.3, -0.25) is 0 Å². The summed E-state index contributed by atoms with van der Waals surface area (Å²) in [7, 11) is 0. The molecule has 2 nitrogen and oxygen atoms in total. The van der Waals surface area contributed by atoms with Gasteiger partial charge >= 0.3 is 0 Å². The number of hydrogen-bond acceptors (Lipinski definition) is 2. The Morgan fingerprint density at radius 3 is 2.06 bits per heavy atom. The van der Waals surface area contributed by atoms with E-state index in [1.807, 2.05) is 0 Å². The fourth-order valence-electron chi connectivity index (χ4n) is 3.56. The fraction of sp³-hybridized carbons (Fsp3) is 1.00. The van der Waals surface area contributed by atoms with E-state index in [0.717, 1.165) is 12.0 Å². The van der Waals surface area contributed by atoms with Crippen molar-refractivity contribution < 1.29 is 0 Å². The Hall–Kier alpha value is -0.0800. The largest absolute Gasteiger partial charge is 0.326 e. The van der Waals surface area contributed by atoms with E-state index in [1.54, 1.807) is 0 Å². The van der Waals surface area contributed by atoms with E-state index >= 15 is 0 Å². The monoisotopic (exact) mass is 252 g/mol. The molecular weight excluding hydrogens is 220 g/mol. The van der Waals surface area contributed by atoms with Crippen LogP contribution in [0.5, 0.6) is 0 Å². The first-order valence-electron chi connectivity index (χ1n) is 7.89. The van der Waals surface area contributed by atoms with Crippen LogP contribution in [-0.4, -0.2) is 30.6 Å². The van der Waals surface area contributed by atoms with E-state index in [2.05, 4.69) is 25.7 Å². The maximum atomic E-state index is 6.31. The van der Waals surface area contributed by atoms with Crippen molar-refractivity contribution in [3.05, 3.63) is 0 Å². The Kier molecular flexibility index (Phi) is 4.38. The van der Waals surface area contributed by atoms with Gasteiger partial charge in [-0.15, -0.1) is 0 Å². The highest BCUT2D eigenvalue weighted by atomic mass is 15.1. The van der Waals surface area contributed by atoms with Crippen LogP contribution in [0.3, 0.4) is 0 Å². The summed E-state index contributed by atoms with van der Waals surface area (Å²) in [6.45, 7) is 10.4. The van der Waals surface area contributed by atoms with E-state index in [4.69, 9.17) is 5.73 Å². The molecule has 0 bridgehead atoms. The predicted molar refractivity (Wildman–Crippen MR) is 78.6 cm³/mol. The van der Waals surface area contributed by atoms with Crippen LogP contribution in [0.2, 0.25) is 0 Å². The second-order valence-corrected chi connectivity index (χ2v) is 7.83. The van der Waals surface area contributed by atoms with Crippen LogP contribution in [-0.2, 0) is 0 Å². The molecule has 1 saturated carbocycles. The van der Waals surface area contributed by atoms with Gasteiger partial charge in [0.05, 0.1) is 0 Å². The highest BCUT2D eigenvalue weighted by molar-refractivity contribution is 4.90. The van der Waals surface area contributed by atoms with E-state index in [0.29, 0.717) is 6.04 Å². The molecule has 0 aromatic rings. The first-order chi connectivity index (χ1) is 8.41. The smallest absolute Gasteiger partial charge is 0.0217 e. The summed E-state index contributed by atoms with van der Waals surface area (Å²) < 4.78 is 0. The molecule has 2 rings (SSSR count). The molecule has 0 aromatic carbocycles. The molecule has 1 spiro atoms. The predicted octanol–water partition coefficient (Wildman–Crippen LogP) is 3.41. The summed E-state index contributed by atoms with van der Waals surface area (Å²) in [6.07, 6.45) is 10.2. The summed E-state index contributed by atoms with van der Waals surface area (Å²) in [6, 6.07) is 0.304. The van der Waals surface area contributed by atoms with Crippen LogP contribution in [0.25, 0.3) is 0 Å². The minimum Gasteiger partial charge on any atom is -0.326 e. The summed E-state index contributed by atoms with van der Waals surface area (Å²) >= 11 is 0. The van der Waals surface area contributed by atoms with Crippen LogP contribution in [0.15, 0.2) is 0 Å². The van der Waals surface area contributed by atoms with Gasteiger partial charge in [-0.2, -0.15) is 0 Å². The van der Waals surface area contributed by atoms with Crippen molar-refractivity contribution in [2.45, 2.75) is 71.8 Å². The standard InChI is InChI=1S/C16H32N2/c1-15(2,3)14(17)13-18-11-9-16(10-12-18)7-5-4-6-8-16/h14H,4-13,17H2,1-3H3/t14-/m1/s1. The third kappa shape index (κ3) is 3.48. The van der Waals surface area contributed by atoms with Crippen LogP contribution in [0.4, 0.5) is 0 Å². The molecule has 106 valence electrons. The molecule has 2 N–H and O–H groups in total. The van der Waals surface area contributed by atoms with Gasteiger partial charge in [-0.05, 0) is 49.6 Å². The zero-order valence-electron chi connectivity index (χ0n) is 12.7. The van der Waals surface area contributed by atoms with Crippen molar-refractivity contribution in [2.75, 3.05) is 19.6 Å². The molecule has 2 heteroatoms. The summed E-state index contributed by atoms with van der Waals surface area (Å²) in [4.78, 5) is 2.61. The lowest BCUT2D eigenvalue weighted by molar-refractivity contribution is 0.0580. The Morgan fingerprint density at radius 2 is 1.56 bits per heavy atom. The Bertz CT molecular complexity index is 251. The molecule has 1 aliphatic heterocycles. The maximum absolute atomic E-state index is 6.31. The van der Waals surface area contributed by atoms with Crippen molar-refractivity contribution in [1.29, 1.82) is 0 Å². The molecule has 0 aromatic heterocycles. The van der Waals surface area contributed by atoms with Gasteiger partial charge in [0, 0.05) is 12.6 Å². The van der Waals surface area contributed by atoms with Crippen molar-refractivity contribution >= 4 is 0 Å². The molecule has 2 aliphatic rings. The van der Waals surface area contributed by atoms with Crippen molar-refractivity contribution in [2.24, 2.45) is 16.6 Å². The van der Waals surface area contributed by atoms with Crippen LogP contribution < -0.4 is 5.73 Å². The molecule has 0 radical (unpaired) electrons. The summed E-state index contributed by atoms with van der Waals surface area (Å²) in [5.41, 5.74) is 7.27. The van der Waals surface area contributed by atoms with E-state index < -0.39 is 0 Å². The molecule has 1 saturated heterocycles. The second kappa shape index (κ2) is 5.50. The zero-order valence-corrected chi connectivity index (χ0v) is 12.7. The lowest BCUT2D eigenvalue weighted by atomic mass is 9.68. The zero-order chi connectivity index (χ0) is 13.2. The average Bonchev–Trinajstić information content (AvgIpc) is 2.32. The maximum Gasteiger partial charge on any atom is 0.0217 e. The van der Waals surface area contributed by atoms with E-state index in [-0.39, 0.29) is 5.41 Å². The quantitative estimate of drug-likeness (QED) is 0.816. The van der Waals surface area contributed by atoms with Gasteiger partial charge in [0.25, 0.3) is 0 Å². The van der Waals surface area contributed by atoms with Gasteiger partial charge in [0.2, 0.25) is 0 Å². The summed E-state index contributed by atoms with van der Waals surface area (Å²) in [5.74, 6) is 0. The molecule has 0 unspecified atom stereocenters. The highest BCUT2D eigenvalue weighted by Crippen LogP contribution is 2.44. The third-order valence-electron chi connectivity index (χ3n) is 5.40. The lowest BCUT2D eigenvalue weighted by Crippen LogP contribution is -2.49. The second-order valence-electron chi connectivity index (χ2n) is 7.83. The van der Waals surface area contributed by atoms with Crippen LogP contribution in [0.1, 0.15) is 65.7 Å². The van der Waals surface area contributed by atoms with Crippen LogP contribution >= 0.6 is 0 Å². The Labute approximate surface area is 113 Å². The van der Waals surface area contributed by atoms with E-state index in [1.165, 1.54) is 58.0 Å². The minimum atomic E-state index is 0.236. The molecular formula is C16H32N2. The van der Waals surface area contributed by atoms with Crippen molar-refractivity contribution in [3.63, 3.8) is 0 Å². The van der Waals surface area contributed by atoms with Gasteiger partial charge in [-0.25, -0.2) is 0 Å². The highest BCUT2D eigenvalue weighted by Gasteiger charge is 2.36. The molecule has 1 aliphatic carbocycles. The molecule has 1 atom stereocenters. The normalized spacial score (nSPS) is 27.3. The number of likely N-dealkylation sites (tertiary alicyclic amines) is 1. The Balaban J connectivity index is 1.79.